The van der Waals surface area contributed by atoms with Crippen LogP contribution >= 0.6 is 0 Å². The Hall–Kier alpha value is -7.86. The third-order valence-electron chi connectivity index (χ3n) is 21.8. The molecule has 0 radical (unpaired) electrons. The van der Waals surface area contributed by atoms with Crippen molar-refractivity contribution in [2.24, 2.45) is 59.2 Å². The van der Waals surface area contributed by atoms with Gasteiger partial charge in [-0.3, -0.25) is 9.59 Å². The molecule has 4 aliphatic carbocycles. The lowest BCUT2D eigenvalue weighted by molar-refractivity contribution is -0.142. The Labute approximate surface area is 552 Å². The molecule has 6 aliphatic rings. The van der Waals surface area contributed by atoms with Crippen molar-refractivity contribution < 1.29 is 50.1 Å². The molecule has 3 heterocycles. The number of Topliss-reactive ketones (excluding diaryl/α,β-unsaturated/α-hetero) is 2. The average molecular weight is 1270 g/mol. The zero-order valence-electron chi connectivity index (χ0n) is 54.6. The Balaban J connectivity index is 1.10. The number of hydrogen-bond donors (Lipinski definition) is 12. The number of carbonyl (C=O) groups is 2. The van der Waals surface area contributed by atoms with Crippen LogP contribution in [0.15, 0.2) is 127 Å². The predicted octanol–water partition coefficient (Wildman–Crippen LogP) is 10.1. The minimum Gasteiger partial charge on any atom is -0.508 e. The highest BCUT2D eigenvalue weighted by atomic mass is 16.5. The van der Waals surface area contributed by atoms with E-state index in [1.54, 1.807) is 18.2 Å². The molecule has 1 aromatic heterocycles. The van der Waals surface area contributed by atoms with Gasteiger partial charge in [0.05, 0.1) is 25.2 Å². The Morgan fingerprint density at radius 3 is 2.38 bits per heavy atom. The molecule has 0 unspecified atom stereocenters. The van der Waals surface area contributed by atoms with Crippen molar-refractivity contribution in [3.63, 3.8) is 0 Å². The van der Waals surface area contributed by atoms with E-state index >= 15 is 4.79 Å². The van der Waals surface area contributed by atoms with Gasteiger partial charge in [-0.05, 0) is 198 Å². The van der Waals surface area contributed by atoms with Gasteiger partial charge in [0.15, 0.2) is 29.2 Å². The number of ether oxygens (including phenoxy) is 1. The first-order valence-corrected chi connectivity index (χ1v) is 34.3. The fourth-order valence-electron chi connectivity index (χ4n) is 17.1. The topological polar surface area (TPSA) is 249 Å². The van der Waals surface area contributed by atoms with E-state index in [9.17, 15) is 40.5 Å². The molecular formula is C79H93N5O10. The molecule has 12 N–H and O–H groups in total. The molecule has 15 nitrogen and oxygen atoms in total. The number of methoxy groups -OCH3 is 1. The van der Waals surface area contributed by atoms with Gasteiger partial charge in [0.1, 0.15) is 17.3 Å². The highest BCUT2D eigenvalue weighted by Gasteiger charge is 2.47. The van der Waals surface area contributed by atoms with Crippen LogP contribution in [-0.2, 0) is 35.3 Å². The van der Waals surface area contributed by atoms with Crippen LogP contribution in [0.2, 0.25) is 0 Å². The number of dihydropyridines is 1. The number of β-amino-alcohol motifs (C(OH)–C–C–N with tert-alkyl or cyclic N) is 1. The number of allylic oxidation sites excluding steroid dienone is 2. The molecule has 0 spiro atoms. The molecule has 16 atom stereocenters. The van der Waals surface area contributed by atoms with Gasteiger partial charge in [-0.25, -0.2) is 0 Å². The van der Waals surface area contributed by atoms with Gasteiger partial charge in [-0.15, -0.1) is 0 Å². The molecule has 2 saturated carbocycles. The van der Waals surface area contributed by atoms with Gasteiger partial charge in [0.2, 0.25) is 0 Å². The van der Waals surface area contributed by atoms with Crippen LogP contribution in [0, 0.1) is 82.9 Å². The number of anilines is 1. The van der Waals surface area contributed by atoms with Crippen LogP contribution in [0.1, 0.15) is 128 Å². The maximum Gasteiger partial charge on any atom is 0.173 e. The second-order valence-corrected chi connectivity index (χ2v) is 27.9. The summed E-state index contributed by atoms with van der Waals surface area (Å²) in [6, 6.07) is 31.0. The third-order valence-corrected chi connectivity index (χ3v) is 21.8. The highest BCUT2D eigenvalue weighted by Crippen LogP contribution is 2.51. The zero-order valence-corrected chi connectivity index (χ0v) is 54.6. The van der Waals surface area contributed by atoms with Crippen molar-refractivity contribution in [2.75, 3.05) is 52.3 Å². The molecule has 2 fully saturated rings. The second-order valence-electron chi connectivity index (χ2n) is 27.9. The summed E-state index contributed by atoms with van der Waals surface area (Å²) < 4.78 is 5.72. The first kappa shape index (κ1) is 66.2. The van der Waals surface area contributed by atoms with Gasteiger partial charge in [0, 0.05) is 105 Å². The number of aromatic amines is 1. The van der Waals surface area contributed by atoms with Crippen LogP contribution in [-0.4, -0.2) is 118 Å². The number of aryl methyl sites for hydroxylation is 1. The minimum atomic E-state index is -1.93. The maximum absolute atomic E-state index is 15.8. The van der Waals surface area contributed by atoms with Crippen molar-refractivity contribution in [3.05, 3.63) is 171 Å². The number of aliphatic hydroxyl groups is 4. The number of fused-ring (bicyclic) bond motifs is 15. The lowest BCUT2D eigenvalue weighted by Gasteiger charge is -2.41. The Bertz CT molecular complexity index is 3920. The molecule has 12 rings (SSSR count). The molecule has 0 saturated heterocycles. The van der Waals surface area contributed by atoms with Gasteiger partial charge in [-0.1, -0.05) is 105 Å². The van der Waals surface area contributed by atoms with Crippen molar-refractivity contribution in [1.29, 1.82) is 0 Å². The average Bonchev–Trinajstić information content (AvgIpc) is 1.05. The molecular weight excluding hydrogens is 1180 g/mol. The monoisotopic (exact) mass is 1270 g/mol. The number of aliphatic hydroxyl groups excluding tert-OH is 4. The van der Waals surface area contributed by atoms with Crippen molar-refractivity contribution in [3.8, 4) is 46.7 Å². The van der Waals surface area contributed by atoms with Crippen LogP contribution in [0.5, 0.6) is 23.0 Å². The fraction of sp³-hybridized carbons (Fsp3) is 0.468. The van der Waals surface area contributed by atoms with Gasteiger partial charge >= 0.3 is 0 Å². The van der Waals surface area contributed by atoms with Gasteiger partial charge in [-0.2, -0.15) is 0 Å². The first-order valence-electron chi connectivity index (χ1n) is 34.3. The van der Waals surface area contributed by atoms with Crippen LogP contribution in [0.3, 0.4) is 0 Å². The summed E-state index contributed by atoms with van der Waals surface area (Å²) >= 11 is 0. The first-order chi connectivity index (χ1) is 45.6. The summed E-state index contributed by atoms with van der Waals surface area (Å²) in [6.07, 6.45) is 7.79. The van der Waals surface area contributed by atoms with E-state index < -0.39 is 47.6 Å². The van der Waals surface area contributed by atoms with Crippen LogP contribution in [0.25, 0.3) is 10.8 Å². The van der Waals surface area contributed by atoms with Gasteiger partial charge < -0.3 is 66.7 Å². The number of hydrogen-bond acceptors (Lipinski definition) is 14. The van der Waals surface area contributed by atoms with E-state index in [0.29, 0.717) is 93.2 Å². The summed E-state index contributed by atoms with van der Waals surface area (Å²) in [6.45, 7) is 5.98. The zero-order chi connectivity index (χ0) is 65.7. The van der Waals surface area contributed by atoms with Crippen LogP contribution < -0.4 is 26.0 Å². The third kappa shape index (κ3) is 14.4. The number of ketones is 2. The summed E-state index contributed by atoms with van der Waals surface area (Å²) in [4.78, 5) is 34.0. The van der Waals surface area contributed by atoms with E-state index in [4.69, 9.17) is 4.74 Å². The lowest BCUT2D eigenvalue weighted by Crippen LogP contribution is -2.40. The lowest BCUT2D eigenvalue weighted by atomic mass is 9.63. The summed E-state index contributed by atoms with van der Waals surface area (Å²) in [5.41, 5.74) is 8.59. The van der Waals surface area contributed by atoms with Crippen molar-refractivity contribution in [2.45, 2.75) is 127 Å². The van der Waals surface area contributed by atoms with Crippen molar-refractivity contribution in [1.82, 2.24) is 20.9 Å². The van der Waals surface area contributed by atoms with E-state index in [1.165, 1.54) is 7.11 Å². The summed E-state index contributed by atoms with van der Waals surface area (Å²) in [5.74, 6) is 11.2. The highest BCUT2D eigenvalue weighted by molar-refractivity contribution is 6.06. The van der Waals surface area contributed by atoms with Crippen LogP contribution in [0.4, 0.5) is 5.69 Å². The molecule has 94 heavy (non-hydrogen) atoms. The Morgan fingerprint density at radius 1 is 0.766 bits per heavy atom. The smallest absolute Gasteiger partial charge is 0.173 e. The number of aromatic hydroxyl groups is 3. The summed E-state index contributed by atoms with van der Waals surface area (Å²) in [7, 11) is 3.43. The number of aromatic nitrogens is 1. The largest absolute Gasteiger partial charge is 0.508 e. The standard InChI is InChI=1S/C79H93N5O10/c1-5-9-64-55-30-56-29-49-19-22-66(68-39-73(90)74(94-4)35-50(68)20-23-71(88)79(93)78(92)69(49)34-55)65-13-7-6-12-63(65)54-28-48(67(58(31-54)44-85)27-46-10-8-11-61(86)26-46)15-17-53(41-80-3)76(56)51-24-25-82-75(36-51)84-59-21-18-47-14-16-52(77(91)70(47)37-59)33-62(87)43-81-40-45(2)57-32-60(83-42-57)38-72(64)89/h6-8,10-14,16,18,21,24,26,32,35-37,39,42,45,48-49,53-56,58,62,64,66-67,69,72,76,79-87,89-91,93H,5,9,20,23,25,27-31,33-34,38,40-41,43-44H2,1-4H3/t45-,48+,49+,53-,54+,55+,56-,58+,62-,64+,66-,67-,69-,72-,76+,79+/m1/s1. The number of nitrogens with one attached hydrogen (secondary N) is 5. The summed E-state index contributed by atoms with van der Waals surface area (Å²) in [5, 5.41) is 98.8. The molecule has 494 valence electrons. The van der Waals surface area contributed by atoms with E-state index in [0.717, 1.165) is 56.8 Å². The molecule has 5 aromatic carbocycles. The number of benzene rings is 5. The SMILES string of the molecule is CCC[C@H]1[C@H]2C[C@H]3C[C@@H]4C#C[C@@H](c5cc(O)c(OC)cc5CCC(=O)[C@H](O)C(=O)[C@@H]4C2)c2ccccc2[C@@H]2C[C@@H](CO)[C@H](Cc4cccc(O)c4)[C@@H](C#C[C@H](CNC)[C@@H]3C3=CCNC(=C3)Nc3ccc4ccc(c(O)c4c3)C[C@@H](O)CNC[C@@H](C)c3c[nH]c(c3)C[C@H]1O)C2. The number of rotatable bonds is 8. The molecule has 6 aromatic rings. The van der Waals surface area contributed by atoms with Gasteiger partial charge in [0.25, 0.3) is 0 Å². The molecule has 15 heteroatoms. The number of H-pyrrole nitrogens is 1. The number of phenols is 3. The number of carbonyl (C=O) groups excluding carboxylic acids is 2. The van der Waals surface area contributed by atoms with E-state index in [-0.39, 0.29) is 114 Å². The van der Waals surface area contributed by atoms with E-state index in [1.807, 2.05) is 73.9 Å². The predicted molar refractivity (Wildman–Crippen MR) is 366 cm³/mol. The second kappa shape index (κ2) is 29.4. The molecule has 2 aliphatic heterocycles. The van der Waals surface area contributed by atoms with E-state index in [2.05, 4.69) is 94.1 Å². The molecule has 0 amide bonds. The molecule has 13 bridgehead atoms. The Kier molecular flexibility index (Phi) is 20.7. The minimum absolute atomic E-state index is 0.0459. The van der Waals surface area contributed by atoms with Crippen molar-refractivity contribution >= 4 is 28.0 Å². The number of phenolic OH excluding ortho intramolecular Hbond substituents is 3. The quantitative estimate of drug-likeness (QED) is 0.0501. The Morgan fingerprint density at radius 2 is 1.59 bits per heavy atom. The normalized spacial score (nSPS) is 29.9. The maximum atomic E-state index is 15.8. The fourth-order valence-corrected chi connectivity index (χ4v) is 17.1.